The van der Waals surface area contributed by atoms with Gasteiger partial charge < -0.3 is 10.5 Å². The number of ether oxygens (including phenoxy) is 1. The molecule has 0 spiro atoms. The Morgan fingerprint density at radius 1 is 1.53 bits per heavy atom. The number of halogens is 1. The van der Waals surface area contributed by atoms with Crippen LogP contribution in [0.25, 0.3) is 0 Å². The SMILES string of the molecule is CCN(Cc1ccc(OC)c(Br)c1)CC(C)C(=N)N. The van der Waals surface area contributed by atoms with Gasteiger partial charge in [0.05, 0.1) is 17.4 Å². The van der Waals surface area contributed by atoms with Crippen molar-refractivity contribution in [3.05, 3.63) is 28.2 Å². The van der Waals surface area contributed by atoms with E-state index in [4.69, 9.17) is 15.9 Å². The number of amidine groups is 1. The Bertz CT molecular complexity index is 437. The lowest BCUT2D eigenvalue weighted by Gasteiger charge is -2.24. The molecule has 0 aromatic heterocycles. The van der Waals surface area contributed by atoms with Crippen molar-refractivity contribution in [2.24, 2.45) is 11.7 Å². The van der Waals surface area contributed by atoms with Crippen LogP contribution in [0.2, 0.25) is 0 Å². The van der Waals surface area contributed by atoms with E-state index in [0.717, 1.165) is 29.9 Å². The van der Waals surface area contributed by atoms with Crippen LogP contribution in [0.4, 0.5) is 0 Å². The highest BCUT2D eigenvalue weighted by Gasteiger charge is 2.12. The fourth-order valence-electron chi connectivity index (χ4n) is 1.86. The Hall–Kier alpha value is -1.07. The molecule has 1 unspecified atom stereocenters. The second kappa shape index (κ2) is 7.50. The van der Waals surface area contributed by atoms with E-state index in [2.05, 4.69) is 39.9 Å². The van der Waals surface area contributed by atoms with Crippen molar-refractivity contribution in [1.82, 2.24) is 4.90 Å². The molecule has 1 aromatic carbocycles. The second-order valence-corrected chi connectivity index (χ2v) is 5.51. The molecule has 3 N–H and O–H groups in total. The summed E-state index contributed by atoms with van der Waals surface area (Å²) in [5, 5.41) is 7.46. The summed E-state index contributed by atoms with van der Waals surface area (Å²) >= 11 is 3.50. The van der Waals surface area contributed by atoms with Crippen LogP contribution in [-0.4, -0.2) is 30.9 Å². The highest BCUT2D eigenvalue weighted by Crippen LogP contribution is 2.26. The average molecular weight is 328 g/mol. The van der Waals surface area contributed by atoms with Gasteiger partial charge in [0, 0.05) is 19.0 Å². The van der Waals surface area contributed by atoms with E-state index in [1.54, 1.807) is 7.11 Å². The molecule has 0 bridgehead atoms. The van der Waals surface area contributed by atoms with Gasteiger partial charge in [0.1, 0.15) is 5.75 Å². The number of nitrogens with two attached hydrogens (primary N) is 1. The van der Waals surface area contributed by atoms with Gasteiger partial charge in [0.25, 0.3) is 0 Å². The van der Waals surface area contributed by atoms with E-state index in [9.17, 15) is 0 Å². The molecule has 0 radical (unpaired) electrons. The van der Waals surface area contributed by atoms with Crippen LogP contribution < -0.4 is 10.5 Å². The number of benzene rings is 1. The minimum Gasteiger partial charge on any atom is -0.496 e. The van der Waals surface area contributed by atoms with Crippen molar-refractivity contribution < 1.29 is 4.74 Å². The normalized spacial score (nSPS) is 12.5. The van der Waals surface area contributed by atoms with Gasteiger partial charge in [0.2, 0.25) is 0 Å². The van der Waals surface area contributed by atoms with Crippen LogP contribution in [-0.2, 0) is 6.54 Å². The molecule has 0 aliphatic rings. The summed E-state index contributed by atoms with van der Waals surface area (Å²) < 4.78 is 6.18. The van der Waals surface area contributed by atoms with Crippen LogP contribution in [0.1, 0.15) is 19.4 Å². The molecule has 4 nitrogen and oxygen atoms in total. The summed E-state index contributed by atoms with van der Waals surface area (Å²) in [4.78, 5) is 2.28. The van der Waals surface area contributed by atoms with Gasteiger partial charge in [-0.3, -0.25) is 10.3 Å². The van der Waals surface area contributed by atoms with Gasteiger partial charge >= 0.3 is 0 Å². The topological polar surface area (TPSA) is 62.3 Å². The van der Waals surface area contributed by atoms with Gasteiger partial charge in [-0.15, -0.1) is 0 Å². The summed E-state index contributed by atoms with van der Waals surface area (Å²) in [7, 11) is 1.66. The van der Waals surface area contributed by atoms with Gasteiger partial charge in [-0.1, -0.05) is 19.9 Å². The molecule has 0 fully saturated rings. The molecule has 0 heterocycles. The molecule has 0 saturated heterocycles. The number of rotatable bonds is 7. The summed E-state index contributed by atoms with van der Waals surface area (Å²) in [6.07, 6.45) is 0. The molecular formula is C14H22BrN3O. The molecule has 0 aliphatic carbocycles. The van der Waals surface area contributed by atoms with Crippen molar-refractivity contribution in [3.8, 4) is 5.75 Å². The maximum absolute atomic E-state index is 7.46. The van der Waals surface area contributed by atoms with E-state index in [0.29, 0.717) is 0 Å². The summed E-state index contributed by atoms with van der Waals surface area (Å²) in [6, 6.07) is 6.09. The molecule has 1 aromatic rings. The van der Waals surface area contributed by atoms with Gasteiger partial charge in [-0.05, 0) is 40.2 Å². The smallest absolute Gasteiger partial charge is 0.133 e. The first-order chi connectivity index (χ1) is 8.97. The van der Waals surface area contributed by atoms with Gasteiger partial charge in [-0.25, -0.2) is 0 Å². The molecule has 1 rings (SSSR count). The second-order valence-electron chi connectivity index (χ2n) is 4.65. The first-order valence-electron chi connectivity index (χ1n) is 6.36. The highest BCUT2D eigenvalue weighted by atomic mass is 79.9. The lowest BCUT2D eigenvalue weighted by Crippen LogP contribution is -2.34. The minimum atomic E-state index is 0.0849. The van der Waals surface area contributed by atoms with E-state index >= 15 is 0 Å². The molecule has 5 heteroatoms. The lowest BCUT2D eigenvalue weighted by atomic mass is 10.1. The first kappa shape index (κ1) is 16.0. The Kier molecular flexibility index (Phi) is 6.31. The van der Waals surface area contributed by atoms with Gasteiger partial charge in [0.15, 0.2) is 0 Å². The molecule has 0 saturated carbocycles. The Morgan fingerprint density at radius 3 is 2.68 bits per heavy atom. The number of nitrogens with one attached hydrogen (secondary N) is 1. The minimum absolute atomic E-state index is 0.0849. The number of hydrogen-bond donors (Lipinski definition) is 2. The third-order valence-electron chi connectivity index (χ3n) is 3.13. The Morgan fingerprint density at radius 2 is 2.21 bits per heavy atom. The first-order valence-corrected chi connectivity index (χ1v) is 7.15. The van der Waals surface area contributed by atoms with Crippen molar-refractivity contribution in [2.75, 3.05) is 20.2 Å². The maximum atomic E-state index is 7.46. The van der Waals surface area contributed by atoms with Gasteiger partial charge in [-0.2, -0.15) is 0 Å². The fraction of sp³-hybridized carbons (Fsp3) is 0.500. The van der Waals surface area contributed by atoms with Crippen molar-refractivity contribution in [1.29, 1.82) is 5.41 Å². The summed E-state index contributed by atoms with van der Waals surface area (Å²) in [5.74, 6) is 1.17. The third-order valence-corrected chi connectivity index (χ3v) is 3.75. The number of hydrogen-bond acceptors (Lipinski definition) is 3. The zero-order chi connectivity index (χ0) is 14.4. The number of nitrogens with zero attached hydrogens (tertiary/aromatic N) is 1. The Labute approximate surface area is 123 Å². The fourth-order valence-corrected chi connectivity index (χ4v) is 2.45. The Balaban J connectivity index is 2.70. The third kappa shape index (κ3) is 4.84. The van der Waals surface area contributed by atoms with E-state index < -0.39 is 0 Å². The quantitative estimate of drug-likeness (QED) is 0.598. The van der Waals surface area contributed by atoms with Crippen molar-refractivity contribution in [3.63, 3.8) is 0 Å². The zero-order valence-corrected chi connectivity index (χ0v) is 13.3. The van der Waals surface area contributed by atoms with E-state index in [1.165, 1.54) is 5.56 Å². The van der Waals surface area contributed by atoms with Crippen LogP contribution in [0.15, 0.2) is 22.7 Å². The molecule has 0 aliphatic heterocycles. The van der Waals surface area contributed by atoms with Crippen LogP contribution in [0.3, 0.4) is 0 Å². The molecule has 106 valence electrons. The molecule has 1 atom stereocenters. The lowest BCUT2D eigenvalue weighted by molar-refractivity contribution is 0.263. The van der Waals surface area contributed by atoms with Crippen molar-refractivity contribution >= 4 is 21.8 Å². The zero-order valence-electron chi connectivity index (χ0n) is 11.7. The summed E-state index contributed by atoms with van der Waals surface area (Å²) in [5.41, 5.74) is 6.74. The van der Waals surface area contributed by atoms with Crippen LogP contribution >= 0.6 is 15.9 Å². The van der Waals surface area contributed by atoms with Crippen LogP contribution in [0, 0.1) is 11.3 Å². The predicted octanol–water partition coefficient (Wildman–Crippen LogP) is 2.85. The van der Waals surface area contributed by atoms with E-state index in [1.807, 2.05) is 13.0 Å². The molecule has 0 amide bonds. The maximum Gasteiger partial charge on any atom is 0.133 e. The van der Waals surface area contributed by atoms with Crippen LogP contribution in [0.5, 0.6) is 5.75 Å². The molecular weight excluding hydrogens is 306 g/mol. The highest BCUT2D eigenvalue weighted by molar-refractivity contribution is 9.10. The number of methoxy groups -OCH3 is 1. The van der Waals surface area contributed by atoms with E-state index in [-0.39, 0.29) is 11.8 Å². The molecule has 19 heavy (non-hydrogen) atoms. The summed E-state index contributed by atoms with van der Waals surface area (Å²) in [6.45, 7) is 6.67. The predicted molar refractivity (Wildman–Crippen MR) is 82.7 cm³/mol. The average Bonchev–Trinajstić information content (AvgIpc) is 2.37. The largest absolute Gasteiger partial charge is 0.496 e. The monoisotopic (exact) mass is 327 g/mol. The van der Waals surface area contributed by atoms with Crippen molar-refractivity contribution in [2.45, 2.75) is 20.4 Å². The standard InChI is InChI=1S/C14H22BrN3O/c1-4-18(8-10(2)14(16)17)9-11-5-6-13(19-3)12(15)7-11/h5-7,10H,4,8-9H2,1-3H3,(H3,16,17).